The van der Waals surface area contributed by atoms with Crippen LogP contribution in [0, 0.1) is 11.8 Å². The van der Waals surface area contributed by atoms with Crippen molar-refractivity contribution in [3.05, 3.63) is 83.9 Å². The van der Waals surface area contributed by atoms with Crippen molar-refractivity contribution in [3.8, 4) is 11.5 Å². The van der Waals surface area contributed by atoms with Crippen LogP contribution in [0.4, 0.5) is 11.4 Å². The first-order valence-corrected chi connectivity index (χ1v) is 11.7. The predicted molar refractivity (Wildman–Crippen MR) is 133 cm³/mol. The summed E-state index contributed by atoms with van der Waals surface area (Å²) in [6.07, 6.45) is 3.47. The summed E-state index contributed by atoms with van der Waals surface area (Å²) < 4.78 is 6.06. The van der Waals surface area contributed by atoms with Crippen molar-refractivity contribution in [2.75, 3.05) is 17.7 Å². The van der Waals surface area contributed by atoms with Crippen LogP contribution in [0.3, 0.4) is 0 Å². The van der Waals surface area contributed by atoms with Crippen LogP contribution in [0.15, 0.2) is 72.8 Å². The van der Waals surface area contributed by atoms with E-state index in [9.17, 15) is 14.7 Å². The van der Waals surface area contributed by atoms with Crippen molar-refractivity contribution >= 4 is 23.3 Å². The molecule has 3 aromatic rings. The van der Waals surface area contributed by atoms with Crippen LogP contribution in [0.25, 0.3) is 0 Å². The van der Waals surface area contributed by atoms with Gasteiger partial charge in [0, 0.05) is 18.4 Å². The molecule has 2 atom stereocenters. The monoisotopic (exact) mass is 458 g/mol. The van der Waals surface area contributed by atoms with Gasteiger partial charge in [-0.25, -0.2) is 0 Å². The number of carbonyl (C=O) groups is 2. The van der Waals surface area contributed by atoms with Gasteiger partial charge in [0.15, 0.2) is 0 Å². The molecule has 3 aromatic carbocycles. The van der Waals surface area contributed by atoms with Gasteiger partial charge in [-0.15, -0.1) is 0 Å². The van der Waals surface area contributed by atoms with Crippen LogP contribution in [-0.2, 0) is 16.0 Å². The van der Waals surface area contributed by atoms with Gasteiger partial charge in [0.1, 0.15) is 11.5 Å². The van der Waals surface area contributed by atoms with Gasteiger partial charge in [0.2, 0.25) is 5.91 Å². The van der Waals surface area contributed by atoms with Gasteiger partial charge in [0.05, 0.1) is 11.8 Å². The van der Waals surface area contributed by atoms with Gasteiger partial charge < -0.3 is 20.5 Å². The molecule has 0 saturated heterocycles. The Kier molecular flexibility index (Phi) is 7.48. The van der Waals surface area contributed by atoms with Crippen molar-refractivity contribution in [2.24, 2.45) is 11.8 Å². The molecule has 0 radical (unpaired) electrons. The molecule has 1 amide bonds. The van der Waals surface area contributed by atoms with E-state index in [-0.39, 0.29) is 5.91 Å². The van der Waals surface area contributed by atoms with E-state index in [1.54, 1.807) is 0 Å². The van der Waals surface area contributed by atoms with Crippen LogP contribution < -0.4 is 15.4 Å². The largest absolute Gasteiger partial charge is 0.481 e. The highest BCUT2D eigenvalue weighted by Gasteiger charge is 2.35. The minimum Gasteiger partial charge on any atom is -0.481 e. The molecular formula is C28H30N2O4. The molecule has 34 heavy (non-hydrogen) atoms. The summed E-state index contributed by atoms with van der Waals surface area (Å²) in [6.45, 7) is 0. The molecule has 2 unspecified atom stereocenters. The van der Waals surface area contributed by atoms with Gasteiger partial charge in [0.25, 0.3) is 0 Å². The number of carboxylic acid groups (broad SMARTS) is 1. The van der Waals surface area contributed by atoms with Crippen molar-refractivity contribution in [1.82, 2.24) is 0 Å². The average Bonchev–Trinajstić information content (AvgIpc) is 2.86. The third kappa shape index (κ3) is 5.76. The first kappa shape index (κ1) is 23.4. The number of carbonyl (C=O) groups excluding carboxylic acids is 1. The highest BCUT2D eigenvalue weighted by Crippen LogP contribution is 2.33. The third-order valence-corrected chi connectivity index (χ3v) is 6.37. The molecule has 6 nitrogen and oxygen atoms in total. The Morgan fingerprint density at radius 2 is 1.59 bits per heavy atom. The summed E-state index contributed by atoms with van der Waals surface area (Å²) in [7, 11) is 1.87. The lowest BCUT2D eigenvalue weighted by molar-refractivity contribution is -0.147. The quantitative estimate of drug-likeness (QED) is 0.389. The highest BCUT2D eigenvalue weighted by molar-refractivity contribution is 5.96. The summed E-state index contributed by atoms with van der Waals surface area (Å²) in [5.41, 5.74) is 3.69. The van der Waals surface area contributed by atoms with E-state index in [1.807, 2.05) is 79.8 Å². The number of hydrogen-bond acceptors (Lipinski definition) is 4. The van der Waals surface area contributed by atoms with Crippen LogP contribution in [0.2, 0.25) is 0 Å². The molecule has 0 aromatic heterocycles. The molecule has 3 N–H and O–H groups in total. The van der Waals surface area contributed by atoms with E-state index >= 15 is 0 Å². The molecule has 1 fully saturated rings. The number of rotatable bonds is 8. The third-order valence-electron chi connectivity index (χ3n) is 6.37. The molecule has 176 valence electrons. The predicted octanol–water partition coefficient (Wildman–Crippen LogP) is 5.94. The standard InChI is InChI=1S/C28H30N2O4/c1-29-21-11-13-22(14-12-21)34-23-15-16-26(20(18-23)17-19-7-3-2-4-8-19)30-27(31)24-9-5-6-10-25(24)28(32)33/h2-4,7-8,11-16,18,24-25,29H,5-6,9-10,17H2,1H3,(H,30,31)(H,32,33). The fourth-order valence-corrected chi connectivity index (χ4v) is 4.51. The zero-order valence-electron chi connectivity index (χ0n) is 19.3. The lowest BCUT2D eigenvalue weighted by Gasteiger charge is -2.27. The SMILES string of the molecule is CNc1ccc(Oc2ccc(NC(=O)C3CCCCC3C(=O)O)c(Cc3ccccc3)c2)cc1. The van der Waals surface area contributed by atoms with Crippen molar-refractivity contribution in [3.63, 3.8) is 0 Å². The topological polar surface area (TPSA) is 87.7 Å². The van der Waals surface area contributed by atoms with Crippen LogP contribution in [0.5, 0.6) is 11.5 Å². The van der Waals surface area contributed by atoms with Crippen molar-refractivity contribution < 1.29 is 19.4 Å². The molecule has 0 heterocycles. The minimum absolute atomic E-state index is 0.224. The van der Waals surface area contributed by atoms with E-state index in [2.05, 4.69) is 10.6 Å². The fourth-order valence-electron chi connectivity index (χ4n) is 4.51. The number of ether oxygens (including phenoxy) is 1. The Labute approximate surface area is 200 Å². The Hall–Kier alpha value is -3.80. The maximum Gasteiger partial charge on any atom is 0.307 e. The number of carboxylic acids is 1. The molecule has 1 aliphatic carbocycles. The van der Waals surface area contributed by atoms with E-state index in [0.717, 1.165) is 29.7 Å². The second kappa shape index (κ2) is 10.9. The lowest BCUT2D eigenvalue weighted by atomic mass is 9.78. The molecule has 0 spiro atoms. The van der Waals surface area contributed by atoms with Crippen molar-refractivity contribution in [2.45, 2.75) is 32.1 Å². The number of nitrogens with one attached hydrogen (secondary N) is 2. The van der Waals surface area contributed by atoms with Gasteiger partial charge in [-0.2, -0.15) is 0 Å². The second-order valence-corrected chi connectivity index (χ2v) is 8.68. The van der Waals surface area contributed by atoms with E-state index in [1.165, 1.54) is 0 Å². The smallest absolute Gasteiger partial charge is 0.307 e. The van der Waals surface area contributed by atoms with Crippen LogP contribution in [0.1, 0.15) is 36.8 Å². The van der Waals surface area contributed by atoms with E-state index in [0.29, 0.717) is 36.4 Å². The Morgan fingerprint density at radius 3 is 2.26 bits per heavy atom. The number of aliphatic carboxylic acids is 1. The summed E-state index contributed by atoms with van der Waals surface area (Å²) in [5.74, 6) is -0.878. The number of benzene rings is 3. The molecule has 0 aliphatic heterocycles. The van der Waals surface area contributed by atoms with Gasteiger partial charge >= 0.3 is 5.97 Å². The molecule has 6 heteroatoms. The molecule has 1 saturated carbocycles. The maximum absolute atomic E-state index is 13.1. The van der Waals surface area contributed by atoms with Gasteiger partial charge in [-0.1, -0.05) is 43.2 Å². The lowest BCUT2D eigenvalue weighted by Crippen LogP contribution is -2.36. The Morgan fingerprint density at radius 1 is 0.912 bits per heavy atom. The Balaban J connectivity index is 1.58. The first-order valence-electron chi connectivity index (χ1n) is 11.7. The molecular weight excluding hydrogens is 428 g/mol. The number of hydrogen-bond donors (Lipinski definition) is 3. The Bertz CT molecular complexity index is 1130. The fraction of sp³-hybridized carbons (Fsp3) is 0.286. The number of amides is 1. The summed E-state index contributed by atoms with van der Waals surface area (Å²) >= 11 is 0. The van der Waals surface area contributed by atoms with Gasteiger partial charge in [-0.05, 0) is 72.9 Å². The zero-order valence-corrected chi connectivity index (χ0v) is 19.3. The number of anilines is 2. The molecule has 1 aliphatic rings. The van der Waals surface area contributed by atoms with Crippen LogP contribution >= 0.6 is 0 Å². The summed E-state index contributed by atoms with van der Waals surface area (Å²) in [4.78, 5) is 24.8. The second-order valence-electron chi connectivity index (χ2n) is 8.68. The van der Waals surface area contributed by atoms with E-state index < -0.39 is 17.8 Å². The summed E-state index contributed by atoms with van der Waals surface area (Å²) in [5, 5.41) is 15.7. The van der Waals surface area contributed by atoms with Gasteiger partial charge in [-0.3, -0.25) is 9.59 Å². The molecule has 0 bridgehead atoms. The summed E-state index contributed by atoms with van der Waals surface area (Å²) in [6, 6.07) is 23.3. The first-order chi connectivity index (χ1) is 16.5. The minimum atomic E-state index is -0.891. The molecule has 4 rings (SSSR count). The average molecular weight is 459 g/mol. The highest BCUT2D eigenvalue weighted by atomic mass is 16.5. The maximum atomic E-state index is 13.1. The zero-order chi connectivity index (χ0) is 23.9. The van der Waals surface area contributed by atoms with Crippen molar-refractivity contribution in [1.29, 1.82) is 0 Å². The van der Waals surface area contributed by atoms with Crippen LogP contribution in [-0.4, -0.2) is 24.0 Å². The normalized spacial score (nSPS) is 17.6. The van der Waals surface area contributed by atoms with E-state index in [4.69, 9.17) is 4.74 Å².